The van der Waals surface area contributed by atoms with Crippen molar-refractivity contribution in [2.45, 2.75) is 31.3 Å². The maximum Gasteiger partial charge on any atom is 0.254 e. The standard InChI is InChI=1S/C13H16N2O3S/c16-13(10-3-6-14-7-4-10)15(11-1-2-11)12-5-8-19(17,18)9-12/h3-4,6-7,11-12H,1-2,5,8-9H2. The number of nitrogens with zero attached hydrogens (tertiary/aromatic N) is 2. The summed E-state index contributed by atoms with van der Waals surface area (Å²) in [5, 5.41) is 0. The van der Waals surface area contributed by atoms with Gasteiger partial charge in [0.05, 0.1) is 11.5 Å². The van der Waals surface area contributed by atoms with Crippen LogP contribution in [0.4, 0.5) is 0 Å². The van der Waals surface area contributed by atoms with Gasteiger partial charge in [-0.05, 0) is 31.4 Å². The molecule has 1 saturated carbocycles. The average molecular weight is 280 g/mol. The third-order valence-electron chi connectivity index (χ3n) is 3.70. The molecule has 1 aliphatic heterocycles. The largest absolute Gasteiger partial charge is 0.332 e. The predicted octanol–water partition coefficient (Wildman–Crippen LogP) is 0.873. The minimum absolute atomic E-state index is 0.0630. The summed E-state index contributed by atoms with van der Waals surface area (Å²) in [7, 11) is -2.97. The normalized spacial score (nSPS) is 25.2. The summed E-state index contributed by atoms with van der Waals surface area (Å²) in [4.78, 5) is 18.2. The molecule has 0 spiro atoms. The number of amides is 1. The highest BCUT2D eigenvalue weighted by Crippen LogP contribution is 2.33. The molecule has 19 heavy (non-hydrogen) atoms. The monoisotopic (exact) mass is 280 g/mol. The molecule has 102 valence electrons. The van der Waals surface area contributed by atoms with Gasteiger partial charge in [0.2, 0.25) is 0 Å². The lowest BCUT2D eigenvalue weighted by atomic mass is 10.1. The van der Waals surface area contributed by atoms with Crippen LogP contribution in [-0.4, -0.2) is 47.8 Å². The molecular formula is C13H16N2O3S. The van der Waals surface area contributed by atoms with E-state index in [1.807, 2.05) is 0 Å². The molecule has 1 atom stereocenters. The van der Waals surface area contributed by atoms with E-state index in [4.69, 9.17) is 0 Å². The number of aromatic nitrogens is 1. The fraction of sp³-hybridized carbons (Fsp3) is 0.538. The summed E-state index contributed by atoms with van der Waals surface area (Å²) in [6.07, 6.45) is 5.70. The van der Waals surface area contributed by atoms with Gasteiger partial charge in [-0.15, -0.1) is 0 Å². The molecule has 0 N–H and O–H groups in total. The van der Waals surface area contributed by atoms with E-state index in [0.717, 1.165) is 12.8 Å². The third kappa shape index (κ3) is 2.63. The molecule has 1 aromatic rings. The first-order valence-corrected chi connectivity index (χ1v) is 8.32. The quantitative estimate of drug-likeness (QED) is 0.824. The molecule has 2 aliphatic rings. The molecule has 6 heteroatoms. The minimum atomic E-state index is -2.97. The summed E-state index contributed by atoms with van der Waals surface area (Å²) in [5.74, 6) is 0.247. The molecule has 1 aliphatic carbocycles. The van der Waals surface area contributed by atoms with E-state index in [-0.39, 0.29) is 29.5 Å². The smallest absolute Gasteiger partial charge is 0.254 e. The van der Waals surface area contributed by atoms with Gasteiger partial charge in [-0.25, -0.2) is 8.42 Å². The highest BCUT2D eigenvalue weighted by Gasteiger charge is 2.42. The van der Waals surface area contributed by atoms with Crippen molar-refractivity contribution >= 4 is 15.7 Å². The number of hydrogen-bond donors (Lipinski definition) is 0. The summed E-state index contributed by atoms with van der Waals surface area (Å²) >= 11 is 0. The van der Waals surface area contributed by atoms with Crippen LogP contribution < -0.4 is 0 Å². The first-order chi connectivity index (χ1) is 9.07. The average Bonchev–Trinajstić information content (AvgIpc) is 3.15. The zero-order chi connectivity index (χ0) is 13.5. The highest BCUT2D eigenvalue weighted by molar-refractivity contribution is 7.91. The first kappa shape index (κ1) is 12.6. The second-order valence-electron chi connectivity index (χ2n) is 5.24. The number of pyridine rings is 1. The van der Waals surface area contributed by atoms with E-state index in [9.17, 15) is 13.2 Å². The maximum absolute atomic E-state index is 12.5. The van der Waals surface area contributed by atoms with E-state index >= 15 is 0 Å². The Morgan fingerprint density at radius 1 is 1.16 bits per heavy atom. The molecule has 0 aromatic carbocycles. The first-order valence-electron chi connectivity index (χ1n) is 6.50. The second kappa shape index (κ2) is 4.59. The molecule has 5 nitrogen and oxygen atoms in total. The summed E-state index contributed by atoms with van der Waals surface area (Å²) in [6.45, 7) is 0. The number of carbonyl (C=O) groups excluding carboxylic acids is 1. The van der Waals surface area contributed by atoms with Gasteiger partial charge in [0, 0.05) is 30.0 Å². The Morgan fingerprint density at radius 3 is 2.37 bits per heavy atom. The SMILES string of the molecule is O=C(c1ccncc1)N(C1CC1)C1CCS(=O)(=O)C1. The van der Waals surface area contributed by atoms with Crippen molar-refractivity contribution in [1.82, 2.24) is 9.88 Å². The van der Waals surface area contributed by atoms with Crippen LogP contribution in [0.3, 0.4) is 0 Å². The molecule has 1 saturated heterocycles. The van der Waals surface area contributed by atoms with Crippen LogP contribution in [0.15, 0.2) is 24.5 Å². The van der Waals surface area contributed by atoms with Crippen LogP contribution in [-0.2, 0) is 9.84 Å². The Hall–Kier alpha value is -1.43. The van der Waals surface area contributed by atoms with Crippen molar-refractivity contribution in [2.75, 3.05) is 11.5 Å². The van der Waals surface area contributed by atoms with Gasteiger partial charge in [0.25, 0.3) is 5.91 Å². The van der Waals surface area contributed by atoms with Crippen molar-refractivity contribution in [3.05, 3.63) is 30.1 Å². The Labute approximate surface area is 112 Å². The molecule has 3 rings (SSSR count). The number of carbonyl (C=O) groups is 1. The van der Waals surface area contributed by atoms with E-state index in [1.54, 1.807) is 29.4 Å². The Bertz CT molecular complexity index is 581. The van der Waals surface area contributed by atoms with Crippen LogP contribution >= 0.6 is 0 Å². The zero-order valence-electron chi connectivity index (χ0n) is 10.5. The number of sulfone groups is 1. The number of hydrogen-bond acceptors (Lipinski definition) is 4. The van der Waals surface area contributed by atoms with Gasteiger partial charge in [-0.3, -0.25) is 9.78 Å². The Balaban J connectivity index is 1.84. The van der Waals surface area contributed by atoms with Crippen molar-refractivity contribution < 1.29 is 13.2 Å². The van der Waals surface area contributed by atoms with Crippen molar-refractivity contribution in [3.63, 3.8) is 0 Å². The summed E-state index contributed by atoms with van der Waals surface area (Å²) in [6, 6.07) is 3.43. The van der Waals surface area contributed by atoms with E-state index < -0.39 is 9.84 Å². The molecule has 1 amide bonds. The van der Waals surface area contributed by atoms with Crippen LogP contribution in [0.25, 0.3) is 0 Å². The van der Waals surface area contributed by atoms with E-state index in [2.05, 4.69) is 4.98 Å². The van der Waals surface area contributed by atoms with E-state index in [0.29, 0.717) is 12.0 Å². The summed E-state index contributed by atoms with van der Waals surface area (Å²) < 4.78 is 23.2. The maximum atomic E-state index is 12.5. The fourth-order valence-corrected chi connectivity index (χ4v) is 4.33. The molecular weight excluding hydrogens is 264 g/mol. The van der Waals surface area contributed by atoms with Gasteiger partial charge in [0.15, 0.2) is 9.84 Å². The molecule has 0 bridgehead atoms. The van der Waals surface area contributed by atoms with Crippen LogP contribution in [0.1, 0.15) is 29.6 Å². The second-order valence-corrected chi connectivity index (χ2v) is 7.47. The van der Waals surface area contributed by atoms with Crippen molar-refractivity contribution in [3.8, 4) is 0 Å². The number of rotatable bonds is 3. The predicted molar refractivity (Wildman–Crippen MR) is 70.5 cm³/mol. The van der Waals surface area contributed by atoms with E-state index in [1.165, 1.54) is 0 Å². The van der Waals surface area contributed by atoms with Crippen molar-refractivity contribution in [1.29, 1.82) is 0 Å². The van der Waals surface area contributed by atoms with Gasteiger partial charge >= 0.3 is 0 Å². The topological polar surface area (TPSA) is 67.3 Å². The van der Waals surface area contributed by atoms with Crippen LogP contribution in [0.5, 0.6) is 0 Å². The zero-order valence-corrected chi connectivity index (χ0v) is 11.3. The van der Waals surface area contributed by atoms with Gasteiger partial charge in [0.1, 0.15) is 0 Å². The van der Waals surface area contributed by atoms with Crippen LogP contribution in [0.2, 0.25) is 0 Å². The molecule has 2 heterocycles. The molecule has 1 unspecified atom stereocenters. The molecule has 1 aromatic heterocycles. The lowest BCUT2D eigenvalue weighted by Gasteiger charge is -2.28. The third-order valence-corrected chi connectivity index (χ3v) is 5.45. The minimum Gasteiger partial charge on any atom is -0.332 e. The fourth-order valence-electron chi connectivity index (χ4n) is 2.62. The lowest BCUT2D eigenvalue weighted by molar-refractivity contribution is 0.0680. The van der Waals surface area contributed by atoms with Crippen LogP contribution in [0, 0.1) is 0 Å². The van der Waals surface area contributed by atoms with Gasteiger partial charge in [-0.2, -0.15) is 0 Å². The van der Waals surface area contributed by atoms with Crippen molar-refractivity contribution in [2.24, 2.45) is 0 Å². The summed E-state index contributed by atoms with van der Waals surface area (Å²) in [5.41, 5.74) is 0.589. The lowest BCUT2D eigenvalue weighted by Crippen LogP contribution is -2.42. The highest BCUT2D eigenvalue weighted by atomic mass is 32.2. The van der Waals surface area contributed by atoms with Gasteiger partial charge in [-0.1, -0.05) is 0 Å². The Kier molecular flexibility index (Phi) is 3.05. The molecule has 2 fully saturated rings. The van der Waals surface area contributed by atoms with Gasteiger partial charge < -0.3 is 4.90 Å². The Morgan fingerprint density at radius 2 is 1.84 bits per heavy atom. The molecule has 0 radical (unpaired) electrons.